The molecule has 0 unspecified atom stereocenters. The number of carbonyl (C=O) groups excluding carboxylic acids is 1. The third-order valence-electron chi connectivity index (χ3n) is 3.61. The molecule has 0 saturated carbocycles. The predicted octanol–water partition coefficient (Wildman–Crippen LogP) is 2.94. The predicted molar refractivity (Wildman–Crippen MR) is 84.2 cm³/mol. The van der Waals surface area contributed by atoms with E-state index in [1.807, 2.05) is 19.1 Å². The van der Waals surface area contributed by atoms with Gasteiger partial charge in [0.05, 0.1) is 11.7 Å². The van der Waals surface area contributed by atoms with Gasteiger partial charge >= 0.3 is 5.97 Å². The monoisotopic (exact) mass is 297 g/mol. The maximum atomic E-state index is 11.4. The number of benzene rings is 1. The van der Waals surface area contributed by atoms with E-state index in [1.165, 1.54) is 13.1 Å². The molecule has 0 radical (unpaired) electrons. The summed E-state index contributed by atoms with van der Waals surface area (Å²) in [5.41, 5.74) is 3.11. The van der Waals surface area contributed by atoms with Crippen molar-refractivity contribution < 1.29 is 14.7 Å². The first-order valence-electron chi connectivity index (χ1n) is 6.95. The SMILES string of the molecule is CCc1c(C(=O)O)ncc2[nH]c3ccc(NC(C)=O)cc3c12. The van der Waals surface area contributed by atoms with Crippen molar-refractivity contribution in [2.75, 3.05) is 5.32 Å². The Kier molecular flexibility index (Phi) is 3.29. The van der Waals surface area contributed by atoms with Crippen LogP contribution in [0.25, 0.3) is 21.8 Å². The minimum atomic E-state index is -1.04. The molecule has 1 aromatic carbocycles. The molecule has 3 N–H and O–H groups in total. The summed E-state index contributed by atoms with van der Waals surface area (Å²) in [4.78, 5) is 29.8. The first-order chi connectivity index (χ1) is 10.5. The van der Waals surface area contributed by atoms with Crippen molar-refractivity contribution in [1.82, 2.24) is 9.97 Å². The Morgan fingerprint density at radius 3 is 2.73 bits per heavy atom. The zero-order valence-corrected chi connectivity index (χ0v) is 12.2. The number of aromatic amines is 1. The zero-order valence-electron chi connectivity index (χ0n) is 12.2. The Morgan fingerprint density at radius 2 is 2.09 bits per heavy atom. The van der Waals surface area contributed by atoms with Crippen molar-refractivity contribution in [3.8, 4) is 0 Å². The fourth-order valence-electron chi connectivity index (χ4n) is 2.77. The van der Waals surface area contributed by atoms with E-state index in [0.29, 0.717) is 17.7 Å². The van der Waals surface area contributed by atoms with Crippen molar-refractivity contribution in [1.29, 1.82) is 0 Å². The number of hydrogen-bond acceptors (Lipinski definition) is 3. The molecule has 3 rings (SSSR count). The van der Waals surface area contributed by atoms with Gasteiger partial charge in [-0.05, 0) is 30.2 Å². The quantitative estimate of drug-likeness (QED) is 0.692. The Balaban J connectivity index is 2.35. The van der Waals surface area contributed by atoms with E-state index in [9.17, 15) is 14.7 Å². The normalized spacial score (nSPS) is 11.0. The average molecular weight is 297 g/mol. The Hall–Kier alpha value is -2.89. The molecule has 6 heteroatoms. The van der Waals surface area contributed by atoms with Crippen LogP contribution in [0.1, 0.15) is 29.9 Å². The molecule has 0 fully saturated rings. The highest BCUT2D eigenvalue weighted by Gasteiger charge is 2.17. The van der Waals surface area contributed by atoms with Gasteiger partial charge in [0.2, 0.25) is 5.91 Å². The number of nitrogens with one attached hydrogen (secondary N) is 2. The van der Waals surface area contributed by atoms with Gasteiger partial charge in [0.15, 0.2) is 5.69 Å². The summed E-state index contributed by atoms with van der Waals surface area (Å²) in [6.07, 6.45) is 2.10. The number of aryl methyl sites for hydroxylation is 1. The summed E-state index contributed by atoms with van der Waals surface area (Å²) in [5, 5.41) is 13.8. The number of amides is 1. The van der Waals surface area contributed by atoms with Crippen molar-refractivity contribution in [3.63, 3.8) is 0 Å². The second kappa shape index (κ2) is 5.14. The largest absolute Gasteiger partial charge is 0.477 e. The third-order valence-corrected chi connectivity index (χ3v) is 3.61. The number of anilines is 1. The van der Waals surface area contributed by atoms with Gasteiger partial charge in [-0.3, -0.25) is 4.79 Å². The Morgan fingerprint density at radius 1 is 1.32 bits per heavy atom. The number of fused-ring (bicyclic) bond motifs is 3. The summed E-state index contributed by atoms with van der Waals surface area (Å²) in [7, 11) is 0. The van der Waals surface area contributed by atoms with Crippen molar-refractivity contribution >= 4 is 39.4 Å². The van der Waals surface area contributed by atoms with Crippen LogP contribution in [0.15, 0.2) is 24.4 Å². The van der Waals surface area contributed by atoms with E-state index in [2.05, 4.69) is 15.3 Å². The van der Waals surface area contributed by atoms with Gasteiger partial charge in [0.1, 0.15) is 0 Å². The maximum Gasteiger partial charge on any atom is 0.354 e. The van der Waals surface area contributed by atoms with Gasteiger partial charge in [-0.2, -0.15) is 0 Å². The van der Waals surface area contributed by atoms with E-state index < -0.39 is 5.97 Å². The average Bonchev–Trinajstić information content (AvgIpc) is 2.83. The lowest BCUT2D eigenvalue weighted by Crippen LogP contribution is -2.06. The number of hydrogen-bond donors (Lipinski definition) is 3. The van der Waals surface area contributed by atoms with Crippen LogP contribution in [0, 0.1) is 0 Å². The molecule has 2 heterocycles. The number of carboxylic acids is 1. The molecule has 0 aliphatic carbocycles. The van der Waals surface area contributed by atoms with Gasteiger partial charge < -0.3 is 15.4 Å². The lowest BCUT2D eigenvalue weighted by atomic mass is 10.0. The Bertz CT molecular complexity index is 912. The van der Waals surface area contributed by atoms with Gasteiger partial charge in [0.25, 0.3) is 0 Å². The first-order valence-corrected chi connectivity index (χ1v) is 6.95. The van der Waals surface area contributed by atoms with Gasteiger partial charge in [-0.15, -0.1) is 0 Å². The zero-order chi connectivity index (χ0) is 15.9. The van der Waals surface area contributed by atoms with E-state index in [1.54, 1.807) is 6.07 Å². The number of aromatic nitrogens is 2. The standard InChI is InChI=1S/C16H15N3O3/c1-3-10-14-11-6-9(18-8(2)20)4-5-12(11)19-13(14)7-17-15(10)16(21)22/h4-7,19H,3H2,1-2H3,(H,18,20)(H,21,22). The van der Waals surface area contributed by atoms with Crippen molar-refractivity contribution in [2.45, 2.75) is 20.3 Å². The van der Waals surface area contributed by atoms with Crippen LogP contribution in [0.2, 0.25) is 0 Å². The molecule has 2 aromatic heterocycles. The minimum Gasteiger partial charge on any atom is -0.477 e. The van der Waals surface area contributed by atoms with Crippen LogP contribution < -0.4 is 5.32 Å². The van der Waals surface area contributed by atoms with Gasteiger partial charge in [0, 0.05) is 28.9 Å². The van der Waals surface area contributed by atoms with E-state index in [-0.39, 0.29) is 11.6 Å². The van der Waals surface area contributed by atoms with Crippen molar-refractivity contribution in [3.05, 3.63) is 35.7 Å². The molecular weight excluding hydrogens is 282 g/mol. The smallest absolute Gasteiger partial charge is 0.354 e. The van der Waals surface area contributed by atoms with Crippen LogP contribution in [-0.4, -0.2) is 27.0 Å². The van der Waals surface area contributed by atoms with Crippen LogP contribution in [-0.2, 0) is 11.2 Å². The molecule has 112 valence electrons. The maximum absolute atomic E-state index is 11.4. The number of carbonyl (C=O) groups is 2. The molecule has 0 aliphatic rings. The fourth-order valence-corrected chi connectivity index (χ4v) is 2.77. The summed E-state index contributed by atoms with van der Waals surface area (Å²) in [6, 6.07) is 5.51. The molecule has 0 atom stereocenters. The molecule has 0 bridgehead atoms. The highest BCUT2D eigenvalue weighted by molar-refractivity contribution is 6.12. The number of nitrogens with zero attached hydrogens (tertiary/aromatic N) is 1. The lowest BCUT2D eigenvalue weighted by Gasteiger charge is -2.06. The summed E-state index contributed by atoms with van der Waals surface area (Å²) in [6.45, 7) is 3.35. The highest BCUT2D eigenvalue weighted by Crippen LogP contribution is 2.31. The van der Waals surface area contributed by atoms with Gasteiger partial charge in [-0.1, -0.05) is 6.92 Å². The van der Waals surface area contributed by atoms with Crippen LogP contribution in [0.5, 0.6) is 0 Å². The number of H-pyrrole nitrogens is 1. The molecule has 0 saturated heterocycles. The summed E-state index contributed by atoms with van der Waals surface area (Å²) < 4.78 is 0. The fraction of sp³-hybridized carbons (Fsp3) is 0.188. The summed E-state index contributed by atoms with van der Waals surface area (Å²) in [5.74, 6) is -1.19. The number of carboxylic acid groups (broad SMARTS) is 1. The van der Waals surface area contributed by atoms with Gasteiger partial charge in [-0.25, -0.2) is 9.78 Å². The molecule has 22 heavy (non-hydrogen) atoms. The van der Waals surface area contributed by atoms with Crippen LogP contribution in [0.3, 0.4) is 0 Å². The number of rotatable bonds is 3. The molecular formula is C16H15N3O3. The Labute approximate surface area is 126 Å². The number of aromatic carboxylic acids is 1. The van der Waals surface area contributed by atoms with Crippen molar-refractivity contribution in [2.24, 2.45) is 0 Å². The van der Waals surface area contributed by atoms with E-state index in [4.69, 9.17) is 0 Å². The summed E-state index contributed by atoms with van der Waals surface area (Å²) >= 11 is 0. The van der Waals surface area contributed by atoms with E-state index >= 15 is 0 Å². The number of pyridine rings is 1. The molecule has 0 spiro atoms. The highest BCUT2D eigenvalue weighted by atomic mass is 16.4. The lowest BCUT2D eigenvalue weighted by molar-refractivity contribution is -0.114. The van der Waals surface area contributed by atoms with Crippen LogP contribution in [0.4, 0.5) is 5.69 Å². The first kappa shape index (κ1) is 14.1. The minimum absolute atomic E-state index is 0.0702. The van der Waals surface area contributed by atoms with E-state index in [0.717, 1.165) is 21.8 Å². The second-order valence-corrected chi connectivity index (χ2v) is 5.10. The topological polar surface area (TPSA) is 95.1 Å². The molecule has 6 nitrogen and oxygen atoms in total. The molecule has 0 aliphatic heterocycles. The second-order valence-electron chi connectivity index (χ2n) is 5.10. The third kappa shape index (κ3) is 2.18. The molecule has 3 aromatic rings. The van der Waals surface area contributed by atoms with Crippen LogP contribution >= 0.6 is 0 Å². The molecule has 1 amide bonds.